The lowest BCUT2D eigenvalue weighted by atomic mass is 9.76. The van der Waals surface area contributed by atoms with Gasteiger partial charge in [0, 0.05) is 5.41 Å². The molecule has 0 aliphatic carbocycles. The fourth-order valence-corrected chi connectivity index (χ4v) is 2.41. The molecule has 2 nitrogen and oxygen atoms in total. The Morgan fingerprint density at radius 2 is 1.65 bits per heavy atom. The van der Waals surface area contributed by atoms with Gasteiger partial charge in [0.15, 0.2) is 0 Å². The van der Waals surface area contributed by atoms with E-state index in [0.717, 1.165) is 16.7 Å². The molecule has 0 atom stereocenters. The van der Waals surface area contributed by atoms with Crippen LogP contribution in [0.25, 0.3) is 0 Å². The summed E-state index contributed by atoms with van der Waals surface area (Å²) < 4.78 is 13.0. The molecule has 0 aromatic heterocycles. The third kappa shape index (κ3) is 3.06. The first-order valence-electron chi connectivity index (χ1n) is 6.63. The van der Waals surface area contributed by atoms with Gasteiger partial charge in [0.1, 0.15) is 5.82 Å². The molecule has 0 radical (unpaired) electrons. The minimum atomic E-state index is -0.746. The Morgan fingerprint density at radius 3 is 2.20 bits per heavy atom. The van der Waals surface area contributed by atoms with E-state index in [9.17, 15) is 14.6 Å². The number of hydrogen-bond acceptors (Lipinski definition) is 2. The molecule has 0 spiro atoms. The van der Waals surface area contributed by atoms with E-state index in [0.29, 0.717) is 6.42 Å². The molecule has 0 saturated carbocycles. The van der Waals surface area contributed by atoms with Crippen LogP contribution in [-0.4, -0.2) is 23.4 Å². The first-order valence-corrected chi connectivity index (χ1v) is 6.63. The van der Waals surface area contributed by atoms with E-state index < -0.39 is 5.41 Å². The Kier molecular flexibility index (Phi) is 4.53. The Balaban J connectivity index is 2.36. The second-order valence-corrected chi connectivity index (χ2v) is 5.27. The van der Waals surface area contributed by atoms with Crippen molar-refractivity contribution in [3.05, 3.63) is 71.0 Å². The molecule has 106 valence electrons. The summed E-state index contributed by atoms with van der Waals surface area (Å²) in [6.07, 6.45) is 0.462. The summed E-state index contributed by atoms with van der Waals surface area (Å²) in [6.45, 7) is 1.65. The maximum Gasteiger partial charge on any atom is 0.123 e. The van der Waals surface area contributed by atoms with E-state index in [1.165, 1.54) is 12.1 Å². The number of halogens is 1. The van der Waals surface area contributed by atoms with E-state index in [2.05, 4.69) is 0 Å². The molecule has 2 N–H and O–H groups in total. The van der Waals surface area contributed by atoms with E-state index in [-0.39, 0.29) is 19.0 Å². The number of aliphatic hydroxyl groups is 2. The van der Waals surface area contributed by atoms with Crippen molar-refractivity contribution in [2.45, 2.75) is 18.8 Å². The Hall–Kier alpha value is -1.71. The lowest BCUT2D eigenvalue weighted by Crippen LogP contribution is -2.37. The molecular weight excluding hydrogens is 255 g/mol. The maximum absolute atomic E-state index is 13.0. The van der Waals surface area contributed by atoms with Crippen molar-refractivity contribution in [3.63, 3.8) is 0 Å². The third-order valence-corrected chi connectivity index (χ3v) is 3.69. The molecule has 0 aliphatic heterocycles. The molecule has 0 fully saturated rings. The predicted octanol–water partition coefficient (Wildman–Crippen LogP) is 2.60. The summed E-state index contributed by atoms with van der Waals surface area (Å²) in [7, 11) is 0. The summed E-state index contributed by atoms with van der Waals surface area (Å²) >= 11 is 0. The highest BCUT2D eigenvalue weighted by atomic mass is 19.1. The number of benzene rings is 2. The average molecular weight is 274 g/mol. The molecule has 0 amide bonds. The highest BCUT2D eigenvalue weighted by Crippen LogP contribution is 2.28. The zero-order valence-electron chi connectivity index (χ0n) is 11.5. The van der Waals surface area contributed by atoms with Crippen LogP contribution in [0.15, 0.2) is 48.5 Å². The summed E-state index contributed by atoms with van der Waals surface area (Å²) in [5, 5.41) is 19.6. The molecule has 20 heavy (non-hydrogen) atoms. The van der Waals surface area contributed by atoms with Crippen LogP contribution in [0.4, 0.5) is 4.39 Å². The monoisotopic (exact) mass is 274 g/mol. The van der Waals surface area contributed by atoms with Crippen LogP contribution in [-0.2, 0) is 11.8 Å². The third-order valence-electron chi connectivity index (χ3n) is 3.69. The van der Waals surface area contributed by atoms with Crippen LogP contribution in [0.1, 0.15) is 16.7 Å². The maximum atomic E-state index is 13.0. The van der Waals surface area contributed by atoms with Crippen LogP contribution in [0.2, 0.25) is 0 Å². The lowest BCUT2D eigenvalue weighted by Gasteiger charge is -2.31. The minimum Gasteiger partial charge on any atom is -0.395 e. The minimum absolute atomic E-state index is 0.162. The van der Waals surface area contributed by atoms with Crippen LogP contribution < -0.4 is 0 Å². The SMILES string of the molecule is Cc1cccc(C(CO)(CO)Cc2ccc(F)cc2)c1. The van der Waals surface area contributed by atoms with Gasteiger partial charge < -0.3 is 10.2 Å². The van der Waals surface area contributed by atoms with Gasteiger partial charge in [-0.05, 0) is 36.6 Å². The number of hydrogen-bond donors (Lipinski definition) is 2. The zero-order valence-corrected chi connectivity index (χ0v) is 11.5. The van der Waals surface area contributed by atoms with Gasteiger partial charge in [0.05, 0.1) is 13.2 Å². The largest absolute Gasteiger partial charge is 0.395 e. The molecule has 0 unspecified atom stereocenters. The van der Waals surface area contributed by atoms with Gasteiger partial charge in [-0.2, -0.15) is 0 Å². The first kappa shape index (κ1) is 14.7. The second-order valence-electron chi connectivity index (χ2n) is 5.27. The van der Waals surface area contributed by atoms with Gasteiger partial charge in [0.2, 0.25) is 0 Å². The number of aliphatic hydroxyl groups excluding tert-OH is 2. The van der Waals surface area contributed by atoms with Gasteiger partial charge in [0.25, 0.3) is 0 Å². The zero-order chi connectivity index (χ0) is 14.6. The normalized spacial score (nSPS) is 11.6. The van der Waals surface area contributed by atoms with Crippen molar-refractivity contribution in [2.24, 2.45) is 0 Å². The van der Waals surface area contributed by atoms with Gasteiger partial charge in [-0.3, -0.25) is 0 Å². The van der Waals surface area contributed by atoms with Crippen molar-refractivity contribution in [1.29, 1.82) is 0 Å². The van der Waals surface area contributed by atoms with Crippen molar-refractivity contribution < 1.29 is 14.6 Å². The predicted molar refractivity (Wildman–Crippen MR) is 77.1 cm³/mol. The molecule has 2 rings (SSSR count). The summed E-state index contributed by atoms with van der Waals surface area (Å²) in [6, 6.07) is 13.9. The molecule has 0 heterocycles. The molecule has 0 aliphatic rings. The van der Waals surface area contributed by atoms with E-state index in [1.54, 1.807) is 12.1 Å². The van der Waals surface area contributed by atoms with Gasteiger partial charge in [-0.15, -0.1) is 0 Å². The fourth-order valence-electron chi connectivity index (χ4n) is 2.41. The topological polar surface area (TPSA) is 40.5 Å². The van der Waals surface area contributed by atoms with E-state index in [1.807, 2.05) is 31.2 Å². The average Bonchev–Trinajstić information content (AvgIpc) is 2.47. The van der Waals surface area contributed by atoms with Gasteiger partial charge in [-0.25, -0.2) is 4.39 Å². The highest BCUT2D eigenvalue weighted by molar-refractivity contribution is 5.33. The van der Waals surface area contributed by atoms with Gasteiger partial charge >= 0.3 is 0 Å². The Morgan fingerprint density at radius 1 is 1.00 bits per heavy atom. The molecule has 3 heteroatoms. The van der Waals surface area contributed by atoms with Crippen LogP contribution in [0.5, 0.6) is 0 Å². The fraction of sp³-hybridized carbons (Fsp3) is 0.294. The van der Waals surface area contributed by atoms with Crippen LogP contribution >= 0.6 is 0 Å². The van der Waals surface area contributed by atoms with Crippen LogP contribution in [0.3, 0.4) is 0 Å². The van der Waals surface area contributed by atoms with Crippen LogP contribution in [0, 0.1) is 12.7 Å². The first-order chi connectivity index (χ1) is 9.59. The van der Waals surface area contributed by atoms with E-state index >= 15 is 0 Å². The molecule has 0 saturated heterocycles. The highest BCUT2D eigenvalue weighted by Gasteiger charge is 2.31. The number of aryl methyl sites for hydroxylation is 1. The number of rotatable bonds is 5. The summed E-state index contributed by atoms with van der Waals surface area (Å²) in [5.41, 5.74) is 2.11. The Bertz CT molecular complexity index is 559. The second kappa shape index (κ2) is 6.16. The van der Waals surface area contributed by atoms with Crippen molar-refractivity contribution in [2.75, 3.05) is 13.2 Å². The lowest BCUT2D eigenvalue weighted by molar-refractivity contribution is 0.116. The molecular formula is C17H19FO2. The summed E-state index contributed by atoms with van der Waals surface area (Å²) in [4.78, 5) is 0. The van der Waals surface area contributed by atoms with E-state index in [4.69, 9.17) is 0 Å². The van der Waals surface area contributed by atoms with Gasteiger partial charge in [-0.1, -0.05) is 42.0 Å². The quantitative estimate of drug-likeness (QED) is 0.880. The standard InChI is InChI=1S/C17H19FO2/c1-13-3-2-4-15(9-13)17(11-19,12-20)10-14-5-7-16(18)8-6-14/h2-9,19-20H,10-12H2,1H3. The van der Waals surface area contributed by atoms with Crippen molar-refractivity contribution in [1.82, 2.24) is 0 Å². The van der Waals surface area contributed by atoms with Crippen molar-refractivity contribution in [3.8, 4) is 0 Å². The molecule has 2 aromatic carbocycles. The summed E-state index contributed by atoms with van der Waals surface area (Å²) in [5.74, 6) is -0.289. The smallest absolute Gasteiger partial charge is 0.123 e. The van der Waals surface area contributed by atoms with Crippen molar-refractivity contribution >= 4 is 0 Å². The molecule has 2 aromatic rings. The Labute approximate surface area is 118 Å². The molecule has 0 bridgehead atoms.